The van der Waals surface area contributed by atoms with E-state index in [1.54, 1.807) is 30.7 Å². The number of para-hydroxylation sites is 2. The molecule has 8 nitrogen and oxygen atoms in total. The highest BCUT2D eigenvalue weighted by Crippen LogP contribution is 2.36. The summed E-state index contributed by atoms with van der Waals surface area (Å²) in [4.78, 5) is 19.7. The number of ether oxygens (including phenoxy) is 3. The van der Waals surface area contributed by atoms with Crippen LogP contribution in [0.15, 0.2) is 79.4 Å². The van der Waals surface area contributed by atoms with Gasteiger partial charge in [0, 0.05) is 29.5 Å². The van der Waals surface area contributed by atoms with E-state index in [4.69, 9.17) is 25.8 Å². The number of nitrogens with zero attached hydrogens (tertiary/aromatic N) is 3. The Hall–Kier alpha value is -4.01. The number of fused-ring (bicyclic) bond motifs is 2. The minimum Gasteiger partial charge on any atom is -0.491 e. The summed E-state index contributed by atoms with van der Waals surface area (Å²) in [5.41, 5.74) is 2.69. The number of halogens is 1. The molecule has 0 bridgehead atoms. The van der Waals surface area contributed by atoms with Gasteiger partial charge in [0.15, 0.2) is 17.2 Å². The first-order valence-electron chi connectivity index (χ1n) is 14.4. The summed E-state index contributed by atoms with van der Waals surface area (Å²) >= 11 is 6.31. The lowest BCUT2D eigenvalue weighted by molar-refractivity contribution is -0.117. The van der Waals surface area contributed by atoms with Gasteiger partial charge >= 0.3 is 0 Å². The van der Waals surface area contributed by atoms with Crippen LogP contribution in [-0.2, 0) is 17.9 Å². The van der Waals surface area contributed by atoms with E-state index in [1.165, 1.54) is 0 Å². The highest BCUT2D eigenvalue weighted by Gasteiger charge is 2.17. The summed E-state index contributed by atoms with van der Waals surface area (Å²) in [5.74, 6) is 2.46. The van der Waals surface area contributed by atoms with Crippen LogP contribution in [0.4, 0.5) is 5.69 Å². The minimum absolute atomic E-state index is 0.0609. The van der Waals surface area contributed by atoms with Gasteiger partial charge in [0.2, 0.25) is 5.91 Å². The number of amides is 1. The Bertz CT molecular complexity index is 1470. The summed E-state index contributed by atoms with van der Waals surface area (Å²) in [5, 5.41) is 3.53. The molecule has 1 aliphatic rings. The molecule has 0 spiro atoms. The molecule has 5 rings (SSSR count). The third-order valence-corrected chi connectivity index (χ3v) is 7.07. The summed E-state index contributed by atoms with van der Waals surface area (Å²) < 4.78 is 20.4. The Balaban J connectivity index is 1.37. The zero-order valence-electron chi connectivity index (χ0n) is 24.1. The number of hydrogen-bond acceptors (Lipinski definition) is 6. The third kappa shape index (κ3) is 8.27. The Labute approximate surface area is 252 Å². The number of anilines is 1. The summed E-state index contributed by atoms with van der Waals surface area (Å²) in [7, 11) is 0. The van der Waals surface area contributed by atoms with E-state index in [-0.39, 0.29) is 18.6 Å². The fourth-order valence-corrected chi connectivity index (χ4v) is 5.10. The fourth-order valence-electron chi connectivity index (χ4n) is 4.92. The molecule has 1 N–H and O–H groups in total. The van der Waals surface area contributed by atoms with Gasteiger partial charge in [-0.25, -0.2) is 4.98 Å². The Morgan fingerprint density at radius 3 is 2.67 bits per heavy atom. The molecule has 42 heavy (non-hydrogen) atoms. The van der Waals surface area contributed by atoms with Gasteiger partial charge < -0.3 is 24.1 Å². The predicted octanol–water partition coefficient (Wildman–Crippen LogP) is 7.17. The van der Waals surface area contributed by atoms with Crippen LogP contribution >= 0.6 is 11.6 Å². The monoisotopic (exact) mass is 588 g/mol. The molecule has 0 aliphatic carbocycles. The van der Waals surface area contributed by atoms with Crippen molar-refractivity contribution in [2.24, 2.45) is 0 Å². The maximum absolute atomic E-state index is 13.4. The lowest BCUT2D eigenvalue weighted by atomic mass is 10.1. The van der Waals surface area contributed by atoms with Crippen LogP contribution in [0, 0.1) is 0 Å². The molecule has 0 unspecified atom stereocenters. The smallest absolute Gasteiger partial charge is 0.238 e. The molecule has 1 aliphatic heterocycles. The SMILES string of the molecule is CC(C)Oc1ccc(CN2CCCCCOc3ccccc3Oc3ccc(Cl)cc3NC(=O)C2)cc1Cn1ccnc1. The molecule has 0 fully saturated rings. The normalized spacial score (nSPS) is 14.9. The van der Waals surface area contributed by atoms with Crippen molar-refractivity contribution in [2.45, 2.75) is 52.3 Å². The molecular formula is C33H37ClN4O4. The first-order chi connectivity index (χ1) is 20.4. The predicted molar refractivity (Wildman–Crippen MR) is 165 cm³/mol. The van der Waals surface area contributed by atoms with Crippen LogP contribution in [0.5, 0.6) is 23.0 Å². The summed E-state index contributed by atoms with van der Waals surface area (Å²) in [6.07, 6.45) is 8.39. The lowest BCUT2D eigenvalue weighted by Gasteiger charge is -2.23. The van der Waals surface area contributed by atoms with E-state index in [9.17, 15) is 4.79 Å². The Morgan fingerprint density at radius 2 is 1.86 bits per heavy atom. The van der Waals surface area contributed by atoms with Gasteiger partial charge in [-0.3, -0.25) is 9.69 Å². The highest BCUT2D eigenvalue weighted by molar-refractivity contribution is 6.31. The van der Waals surface area contributed by atoms with Crippen LogP contribution in [-0.4, -0.2) is 46.2 Å². The second-order valence-corrected chi connectivity index (χ2v) is 11.1. The Morgan fingerprint density at radius 1 is 1.00 bits per heavy atom. The van der Waals surface area contributed by atoms with Crippen molar-refractivity contribution in [1.82, 2.24) is 14.5 Å². The van der Waals surface area contributed by atoms with Gasteiger partial charge in [-0.2, -0.15) is 0 Å². The van der Waals surface area contributed by atoms with Crippen molar-refractivity contribution in [3.8, 4) is 23.0 Å². The molecular weight excluding hydrogens is 552 g/mol. The molecule has 220 valence electrons. The average Bonchev–Trinajstić information content (AvgIpc) is 3.46. The molecule has 9 heteroatoms. The highest BCUT2D eigenvalue weighted by atomic mass is 35.5. The summed E-state index contributed by atoms with van der Waals surface area (Å²) in [6.45, 7) is 6.89. The van der Waals surface area contributed by atoms with Crippen molar-refractivity contribution in [1.29, 1.82) is 0 Å². The lowest BCUT2D eigenvalue weighted by Crippen LogP contribution is -2.33. The fraction of sp³-hybridized carbons (Fsp3) is 0.333. The van der Waals surface area contributed by atoms with Gasteiger partial charge in [-0.15, -0.1) is 0 Å². The molecule has 0 saturated heterocycles. The Kier molecular flexibility index (Phi) is 10.0. The van der Waals surface area contributed by atoms with E-state index >= 15 is 0 Å². The van der Waals surface area contributed by atoms with E-state index in [0.717, 1.165) is 42.7 Å². The van der Waals surface area contributed by atoms with Gasteiger partial charge in [-0.1, -0.05) is 29.8 Å². The van der Waals surface area contributed by atoms with Crippen molar-refractivity contribution in [2.75, 3.05) is 25.0 Å². The van der Waals surface area contributed by atoms with Crippen molar-refractivity contribution in [3.05, 3.63) is 95.5 Å². The largest absolute Gasteiger partial charge is 0.491 e. The van der Waals surface area contributed by atoms with E-state index in [0.29, 0.717) is 47.7 Å². The maximum Gasteiger partial charge on any atom is 0.238 e. The minimum atomic E-state index is -0.139. The van der Waals surface area contributed by atoms with Crippen molar-refractivity contribution < 1.29 is 19.0 Å². The molecule has 3 aromatic carbocycles. The standard InChI is InChI=1S/C33H37ClN4O4/c1-24(2)41-29-12-10-25(18-26(29)21-38-16-14-35-23-38)20-37-15-6-3-7-17-40-31-8-4-5-9-32(31)42-30-13-11-27(34)19-28(30)36-33(39)22-37/h4-5,8-14,16,18-19,23-24H,3,6-7,15,17,20-22H2,1-2H3,(H,36,39). The summed E-state index contributed by atoms with van der Waals surface area (Å²) in [6, 6.07) is 19.0. The van der Waals surface area contributed by atoms with Crippen LogP contribution in [0.25, 0.3) is 0 Å². The zero-order chi connectivity index (χ0) is 29.3. The molecule has 0 atom stereocenters. The third-order valence-electron chi connectivity index (χ3n) is 6.83. The molecule has 0 saturated carbocycles. The maximum atomic E-state index is 13.4. The molecule has 4 aromatic rings. The van der Waals surface area contributed by atoms with Crippen LogP contribution in [0.2, 0.25) is 5.02 Å². The van der Waals surface area contributed by atoms with E-state index in [1.807, 2.05) is 54.9 Å². The quantitative estimate of drug-likeness (QED) is 0.257. The van der Waals surface area contributed by atoms with Crippen LogP contribution < -0.4 is 19.5 Å². The molecule has 0 radical (unpaired) electrons. The number of carbonyl (C=O) groups excluding carboxylic acids is 1. The number of nitrogens with one attached hydrogen (secondary N) is 1. The van der Waals surface area contributed by atoms with Crippen molar-refractivity contribution >= 4 is 23.2 Å². The number of benzene rings is 3. The first-order valence-corrected chi connectivity index (χ1v) is 14.8. The number of carbonyl (C=O) groups is 1. The van der Waals surface area contributed by atoms with Gasteiger partial charge in [0.1, 0.15) is 5.75 Å². The first kappa shape index (κ1) is 29.5. The van der Waals surface area contributed by atoms with Gasteiger partial charge in [0.25, 0.3) is 0 Å². The zero-order valence-corrected chi connectivity index (χ0v) is 24.8. The van der Waals surface area contributed by atoms with Crippen LogP contribution in [0.1, 0.15) is 44.2 Å². The average molecular weight is 589 g/mol. The van der Waals surface area contributed by atoms with E-state index < -0.39 is 0 Å². The molecule has 1 aromatic heterocycles. The number of hydrogen-bond donors (Lipinski definition) is 1. The van der Waals surface area contributed by atoms with Crippen LogP contribution in [0.3, 0.4) is 0 Å². The number of imidazole rings is 1. The molecule has 2 heterocycles. The van der Waals surface area contributed by atoms with Gasteiger partial charge in [-0.05, 0) is 87.7 Å². The van der Waals surface area contributed by atoms with Crippen molar-refractivity contribution in [3.63, 3.8) is 0 Å². The van der Waals surface area contributed by atoms with E-state index in [2.05, 4.69) is 27.3 Å². The van der Waals surface area contributed by atoms with Gasteiger partial charge in [0.05, 0.1) is 37.8 Å². The second kappa shape index (κ2) is 14.2. The topological polar surface area (TPSA) is 77.9 Å². The number of rotatable bonds is 6. The molecule has 1 amide bonds. The second-order valence-electron chi connectivity index (χ2n) is 10.7. The number of aromatic nitrogens is 2.